The number of pyridine rings is 1. The van der Waals surface area contributed by atoms with Gasteiger partial charge in [-0.15, -0.1) is 0 Å². The van der Waals surface area contributed by atoms with Gasteiger partial charge in [0.2, 0.25) is 0 Å². The second-order valence-corrected chi connectivity index (χ2v) is 3.88. The molecule has 17 heavy (non-hydrogen) atoms. The van der Waals surface area contributed by atoms with Crippen molar-refractivity contribution in [1.29, 1.82) is 0 Å². The van der Waals surface area contributed by atoms with Crippen molar-refractivity contribution in [3.63, 3.8) is 0 Å². The number of rotatable bonds is 2. The van der Waals surface area contributed by atoms with Crippen LogP contribution in [-0.2, 0) is 13.6 Å². The SMILES string of the molecule is Cn1cnn(Cc2cn3ccccc3n2)c1=O. The van der Waals surface area contributed by atoms with Crippen molar-refractivity contribution in [3.05, 3.63) is 53.1 Å². The molecule has 0 saturated carbocycles. The Morgan fingerprint density at radius 2 is 2.24 bits per heavy atom. The van der Waals surface area contributed by atoms with Crippen LogP contribution in [0.3, 0.4) is 0 Å². The van der Waals surface area contributed by atoms with Crippen molar-refractivity contribution < 1.29 is 0 Å². The lowest BCUT2D eigenvalue weighted by atomic mass is 10.5. The summed E-state index contributed by atoms with van der Waals surface area (Å²) in [6.07, 6.45) is 5.32. The third kappa shape index (κ3) is 1.63. The lowest BCUT2D eigenvalue weighted by Crippen LogP contribution is -2.23. The van der Waals surface area contributed by atoms with Gasteiger partial charge in [-0.1, -0.05) is 6.07 Å². The maximum Gasteiger partial charge on any atom is 0.345 e. The fourth-order valence-corrected chi connectivity index (χ4v) is 1.75. The van der Waals surface area contributed by atoms with Crippen LogP contribution in [0.5, 0.6) is 0 Å². The third-order valence-corrected chi connectivity index (χ3v) is 2.61. The monoisotopic (exact) mass is 229 g/mol. The van der Waals surface area contributed by atoms with E-state index in [9.17, 15) is 4.79 Å². The highest BCUT2D eigenvalue weighted by atomic mass is 16.2. The van der Waals surface area contributed by atoms with Crippen LogP contribution in [0, 0.1) is 0 Å². The Bertz CT molecular complexity index is 688. The molecule has 3 heterocycles. The predicted octanol–water partition coefficient (Wildman–Crippen LogP) is 0.278. The molecule has 0 unspecified atom stereocenters. The molecule has 0 bridgehead atoms. The highest BCUT2D eigenvalue weighted by Crippen LogP contribution is 2.04. The van der Waals surface area contributed by atoms with Crippen LogP contribution in [0.2, 0.25) is 0 Å². The van der Waals surface area contributed by atoms with E-state index in [2.05, 4.69) is 10.1 Å². The van der Waals surface area contributed by atoms with Crippen molar-refractivity contribution in [2.24, 2.45) is 7.05 Å². The summed E-state index contributed by atoms with van der Waals surface area (Å²) in [5.74, 6) is 0. The number of nitrogens with zero attached hydrogens (tertiary/aromatic N) is 5. The largest absolute Gasteiger partial charge is 0.345 e. The van der Waals surface area contributed by atoms with Gasteiger partial charge >= 0.3 is 5.69 Å². The Morgan fingerprint density at radius 1 is 1.35 bits per heavy atom. The molecule has 0 aliphatic heterocycles. The minimum Gasteiger partial charge on any atom is -0.307 e. The van der Waals surface area contributed by atoms with E-state index in [1.54, 1.807) is 7.05 Å². The van der Waals surface area contributed by atoms with Gasteiger partial charge in [0, 0.05) is 19.4 Å². The molecule has 0 radical (unpaired) electrons. The van der Waals surface area contributed by atoms with Crippen molar-refractivity contribution in [3.8, 4) is 0 Å². The van der Waals surface area contributed by atoms with Crippen molar-refractivity contribution in [2.75, 3.05) is 0 Å². The van der Waals surface area contributed by atoms with Crippen LogP contribution >= 0.6 is 0 Å². The second-order valence-electron chi connectivity index (χ2n) is 3.88. The molecule has 0 saturated heterocycles. The summed E-state index contributed by atoms with van der Waals surface area (Å²) in [7, 11) is 1.68. The zero-order valence-electron chi connectivity index (χ0n) is 9.32. The average Bonchev–Trinajstić information content (AvgIpc) is 2.87. The highest BCUT2D eigenvalue weighted by Gasteiger charge is 2.05. The first kappa shape index (κ1) is 9.83. The van der Waals surface area contributed by atoms with Gasteiger partial charge in [-0.25, -0.2) is 14.5 Å². The second kappa shape index (κ2) is 3.58. The van der Waals surface area contributed by atoms with E-state index in [0.29, 0.717) is 6.54 Å². The maximum atomic E-state index is 11.6. The summed E-state index contributed by atoms with van der Waals surface area (Å²) in [5.41, 5.74) is 1.55. The van der Waals surface area contributed by atoms with Crippen LogP contribution in [0.1, 0.15) is 5.69 Å². The van der Waals surface area contributed by atoms with Gasteiger partial charge in [0.15, 0.2) is 0 Å². The standard InChI is InChI=1S/C11H11N5O/c1-14-8-12-16(11(14)17)7-9-6-15-5-3-2-4-10(15)13-9/h2-6,8H,7H2,1H3. The van der Waals surface area contributed by atoms with Gasteiger partial charge in [-0.2, -0.15) is 5.10 Å². The first-order chi connectivity index (χ1) is 8.24. The molecule has 6 heteroatoms. The molecular formula is C11H11N5O. The molecule has 0 aromatic carbocycles. The lowest BCUT2D eigenvalue weighted by molar-refractivity contribution is 0.638. The molecule has 3 rings (SSSR count). The molecule has 0 amide bonds. The van der Waals surface area contributed by atoms with E-state index >= 15 is 0 Å². The molecule has 0 spiro atoms. The number of hydrogen-bond donors (Lipinski definition) is 0. The number of fused-ring (bicyclic) bond motifs is 1. The van der Waals surface area contributed by atoms with Crippen LogP contribution in [0.25, 0.3) is 5.65 Å². The molecule has 86 valence electrons. The van der Waals surface area contributed by atoms with E-state index in [4.69, 9.17) is 0 Å². The molecule has 3 aromatic rings. The Balaban J connectivity index is 2.00. The van der Waals surface area contributed by atoms with E-state index in [1.165, 1.54) is 15.6 Å². The van der Waals surface area contributed by atoms with Crippen LogP contribution in [0.4, 0.5) is 0 Å². The molecule has 6 nitrogen and oxygen atoms in total. The zero-order chi connectivity index (χ0) is 11.8. The topological polar surface area (TPSA) is 57.1 Å². The van der Waals surface area contributed by atoms with Gasteiger partial charge in [-0.05, 0) is 12.1 Å². The molecule has 0 aliphatic carbocycles. The van der Waals surface area contributed by atoms with Crippen LogP contribution < -0.4 is 5.69 Å². The molecule has 3 aromatic heterocycles. The fourth-order valence-electron chi connectivity index (χ4n) is 1.75. The fraction of sp³-hybridized carbons (Fsp3) is 0.182. The first-order valence-corrected chi connectivity index (χ1v) is 5.25. The van der Waals surface area contributed by atoms with Crippen molar-refractivity contribution >= 4 is 5.65 Å². The molecule has 0 atom stereocenters. The third-order valence-electron chi connectivity index (χ3n) is 2.61. The van der Waals surface area contributed by atoms with Crippen molar-refractivity contribution in [2.45, 2.75) is 6.54 Å². The minimum absolute atomic E-state index is 0.137. The normalized spacial score (nSPS) is 11.1. The van der Waals surface area contributed by atoms with Gasteiger partial charge < -0.3 is 4.40 Å². The predicted molar refractivity (Wildman–Crippen MR) is 61.8 cm³/mol. The average molecular weight is 229 g/mol. The van der Waals surface area contributed by atoms with Gasteiger partial charge in [0.1, 0.15) is 12.0 Å². The Kier molecular flexibility index (Phi) is 2.07. The number of aryl methyl sites for hydroxylation is 1. The lowest BCUT2D eigenvalue weighted by Gasteiger charge is -1.93. The first-order valence-electron chi connectivity index (χ1n) is 5.25. The van der Waals surface area contributed by atoms with Gasteiger partial charge in [-0.3, -0.25) is 4.57 Å². The summed E-state index contributed by atoms with van der Waals surface area (Å²) in [6, 6.07) is 5.79. The summed E-state index contributed by atoms with van der Waals surface area (Å²) < 4.78 is 4.75. The summed E-state index contributed by atoms with van der Waals surface area (Å²) in [5, 5.41) is 4.00. The summed E-state index contributed by atoms with van der Waals surface area (Å²) >= 11 is 0. The Labute approximate surface area is 96.8 Å². The maximum absolute atomic E-state index is 11.6. The number of aromatic nitrogens is 5. The van der Waals surface area contributed by atoms with Crippen molar-refractivity contribution in [1.82, 2.24) is 23.7 Å². The summed E-state index contributed by atoms with van der Waals surface area (Å²) in [6.45, 7) is 0.390. The van der Waals surface area contributed by atoms with Gasteiger partial charge in [0.25, 0.3) is 0 Å². The Hall–Kier alpha value is -2.37. The van der Waals surface area contributed by atoms with Gasteiger partial charge in [0.05, 0.1) is 12.2 Å². The quantitative estimate of drug-likeness (QED) is 0.634. The van der Waals surface area contributed by atoms with E-state index in [1.807, 2.05) is 35.0 Å². The molecular weight excluding hydrogens is 218 g/mol. The number of hydrogen-bond acceptors (Lipinski definition) is 3. The zero-order valence-corrected chi connectivity index (χ0v) is 9.32. The van der Waals surface area contributed by atoms with E-state index < -0.39 is 0 Å². The smallest absolute Gasteiger partial charge is 0.307 e. The number of imidazole rings is 1. The van der Waals surface area contributed by atoms with Crippen LogP contribution in [-0.4, -0.2) is 23.7 Å². The van der Waals surface area contributed by atoms with Crippen LogP contribution in [0.15, 0.2) is 41.7 Å². The van der Waals surface area contributed by atoms with E-state index in [-0.39, 0.29) is 5.69 Å². The molecule has 0 aliphatic rings. The molecule has 0 fully saturated rings. The molecule has 0 N–H and O–H groups in total. The minimum atomic E-state index is -0.137. The summed E-state index contributed by atoms with van der Waals surface area (Å²) in [4.78, 5) is 16.0. The van der Waals surface area contributed by atoms with E-state index in [0.717, 1.165) is 11.3 Å². The highest BCUT2D eigenvalue weighted by molar-refractivity contribution is 5.39. The Morgan fingerprint density at radius 3 is 2.94 bits per heavy atom.